The molecule has 0 aromatic heterocycles. The Morgan fingerprint density at radius 1 is 1.54 bits per heavy atom. The SMILES string of the molecule is COc1cc(Cl)cc(CON)c1Br. The first-order valence-electron chi connectivity index (χ1n) is 3.52. The van der Waals surface area contributed by atoms with E-state index in [-0.39, 0.29) is 6.61 Å². The molecule has 1 aromatic carbocycles. The highest BCUT2D eigenvalue weighted by atomic mass is 79.9. The van der Waals surface area contributed by atoms with Gasteiger partial charge in [-0.1, -0.05) is 11.6 Å². The molecule has 1 rings (SSSR count). The smallest absolute Gasteiger partial charge is 0.134 e. The number of hydrogen-bond donors (Lipinski definition) is 1. The predicted molar refractivity (Wildman–Crippen MR) is 54.7 cm³/mol. The first-order chi connectivity index (χ1) is 6.19. The van der Waals surface area contributed by atoms with E-state index in [2.05, 4.69) is 20.8 Å². The molecule has 0 aliphatic carbocycles. The van der Waals surface area contributed by atoms with Gasteiger partial charge in [0.15, 0.2) is 0 Å². The van der Waals surface area contributed by atoms with Crippen LogP contribution in [0.2, 0.25) is 5.02 Å². The summed E-state index contributed by atoms with van der Waals surface area (Å²) < 4.78 is 5.90. The molecule has 0 atom stereocenters. The number of ether oxygens (including phenoxy) is 1. The number of nitrogens with two attached hydrogens (primary N) is 1. The van der Waals surface area contributed by atoms with Gasteiger partial charge in [0.05, 0.1) is 18.2 Å². The number of benzene rings is 1. The summed E-state index contributed by atoms with van der Waals surface area (Å²) in [7, 11) is 1.57. The van der Waals surface area contributed by atoms with Gasteiger partial charge in [0.1, 0.15) is 5.75 Å². The third kappa shape index (κ3) is 2.57. The van der Waals surface area contributed by atoms with Crippen molar-refractivity contribution in [3.63, 3.8) is 0 Å². The zero-order valence-electron chi connectivity index (χ0n) is 7.01. The van der Waals surface area contributed by atoms with Crippen molar-refractivity contribution in [3.8, 4) is 5.75 Å². The van der Waals surface area contributed by atoms with Gasteiger partial charge >= 0.3 is 0 Å². The molecule has 0 fully saturated rings. The lowest BCUT2D eigenvalue weighted by molar-refractivity contribution is 0.123. The van der Waals surface area contributed by atoms with Gasteiger partial charge in [0.2, 0.25) is 0 Å². The molecule has 5 heteroatoms. The molecule has 0 aliphatic heterocycles. The molecule has 13 heavy (non-hydrogen) atoms. The van der Waals surface area contributed by atoms with Crippen LogP contribution in [0.15, 0.2) is 16.6 Å². The van der Waals surface area contributed by atoms with Crippen molar-refractivity contribution in [3.05, 3.63) is 27.2 Å². The predicted octanol–water partition coefficient (Wildman–Crippen LogP) is 2.50. The van der Waals surface area contributed by atoms with Gasteiger partial charge in [-0.25, -0.2) is 5.90 Å². The molecule has 3 nitrogen and oxygen atoms in total. The summed E-state index contributed by atoms with van der Waals surface area (Å²) in [4.78, 5) is 4.52. The Bertz CT molecular complexity index is 306. The molecule has 1 aromatic rings. The molecule has 0 amide bonds. The minimum Gasteiger partial charge on any atom is -0.496 e. The normalized spacial score (nSPS) is 10.2. The molecule has 0 saturated heterocycles. The van der Waals surface area contributed by atoms with Crippen LogP contribution in [-0.4, -0.2) is 7.11 Å². The highest BCUT2D eigenvalue weighted by molar-refractivity contribution is 9.10. The van der Waals surface area contributed by atoms with Gasteiger partial charge in [-0.2, -0.15) is 0 Å². The highest BCUT2D eigenvalue weighted by Gasteiger charge is 2.07. The minimum absolute atomic E-state index is 0.289. The molecule has 0 radical (unpaired) electrons. The van der Waals surface area contributed by atoms with E-state index >= 15 is 0 Å². The van der Waals surface area contributed by atoms with Gasteiger partial charge < -0.3 is 4.74 Å². The molecule has 0 aliphatic rings. The molecule has 2 N–H and O–H groups in total. The summed E-state index contributed by atoms with van der Waals surface area (Å²) >= 11 is 9.20. The van der Waals surface area contributed by atoms with Crippen LogP contribution in [0.25, 0.3) is 0 Å². The molecular formula is C8H9BrClNO2. The minimum atomic E-state index is 0.289. The largest absolute Gasteiger partial charge is 0.496 e. The highest BCUT2D eigenvalue weighted by Crippen LogP contribution is 2.32. The Balaban J connectivity index is 3.11. The average molecular weight is 267 g/mol. The molecule has 0 heterocycles. The number of hydrogen-bond acceptors (Lipinski definition) is 3. The van der Waals surface area contributed by atoms with Crippen molar-refractivity contribution < 1.29 is 9.57 Å². The lowest BCUT2D eigenvalue weighted by Crippen LogP contribution is -2.00. The summed E-state index contributed by atoms with van der Waals surface area (Å²) in [5, 5.41) is 0.590. The zero-order chi connectivity index (χ0) is 9.84. The third-order valence-electron chi connectivity index (χ3n) is 1.54. The van der Waals surface area contributed by atoms with Crippen molar-refractivity contribution in [2.45, 2.75) is 6.61 Å². The zero-order valence-corrected chi connectivity index (χ0v) is 9.35. The Morgan fingerprint density at radius 2 is 2.23 bits per heavy atom. The summed E-state index contributed by atoms with van der Waals surface area (Å²) in [6.45, 7) is 0.289. The molecule has 72 valence electrons. The van der Waals surface area contributed by atoms with E-state index < -0.39 is 0 Å². The fraction of sp³-hybridized carbons (Fsp3) is 0.250. The van der Waals surface area contributed by atoms with Crippen LogP contribution in [0.1, 0.15) is 5.56 Å². The topological polar surface area (TPSA) is 44.5 Å². The fourth-order valence-electron chi connectivity index (χ4n) is 0.962. The van der Waals surface area contributed by atoms with Crippen molar-refractivity contribution in [1.29, 1.82) is 0 Å². The first kappa shape index (κ1) is 10.8. The average Bonchev–Trinajstić information content (AvgIpc) is 2.11. The van der Waals surface area contributed by atoms with E-state index in [1.54, 1.807) is 19.2 Å². The van der Waals surface area contributed by atoms with Crippen LogP contribution >= 0.6 is 27.5 Å². The summed E-state index contributed by atoms with van der Waals surface area (Å²) in [6.07, 6.45) is 0. The Morgan fingerprint density at radius 3 is 2.77 bits per heavy atom. The molecule has 0 bridgehead atoms. The van der Waals surface area contributed by atoms with E-state index in [1.165, 1.54) is 0 Å². The van der Waals surface area contributed by atoms with Crippen LogP contribution in [0.3, 0.4) is 0 Å². The number of halogens is 2. The monoisotopic (exact) mass is 265 g/mol. The van der Waals surface area contributed by atoms with Crippen LogP contribution in [-0.2, 0) is 11.4 Å². The van der Waals surface area contributed by atoms with E-state index in [0.717, 1.165) is 10.0 Å². The Kier molecular flexibility index (Phi) is 3.99. The molecule has 0 unspecified atom stereocenters. The van der Waals surface area contributed by atoms with Crippen LogP contribution < -0.4 is 10.6 Å². The standard InChI is InChI=1S/C8H9BrClNO2/c1-12-7-3-6(10)2-5(4-13-11)8(7)9/h2-3H,4,11H2,1H3. The molecule has 0 spiro atoms. The van der Waals surface area contributed by atoms with Gasteiger partial charge in [-0.05, 0) is 33.6 Å². The fourth-order valence-corrected chi connectivity index (χ4v) is 1.70. The first-order valence-corrected chi connectivity index (χ1v) is 4.69. The number of methoxy groups -OCH3 is 1. The quantitative estimate of drug-likeness (QED) is 0.855. The van der Waals surface area contributed by atoms with Gasteiger partial charge in [0, 0.05) is 5.02 Å². The molecule has 0 saturated carbocycles. The maximum absolute atomic E-state index is 5.84. The maximum atomic E-state index is 5.84. The van der Waals surface area contributed by atoms with E-state index in [9.17, 15) is 0 Å². The van der Waals surface area contributed by atoms with E-state index in [0.29, 0.717) is 10.8 Å². The number of rotatable bonds is 3. The lowest BCUT2D eigenvalue weighted by Gasteiger charge is -2.08. The van der Waals surface area contributed by atoms with Crippen molar-refractivity contribution >= 4 is 27.5 Å². The van der Waals surface area contributed by atoms with E-state index in [4.69, 9.17) is 22.2 Å². The molecular weight excluding hydrogens is 257 g/mol. The Hall–Kier alpha value is -0.290. The van der Waals surface area contributed by atoms with Crippen molar-refractivity contribution in [2.75, 3.05) is 7.11 Å². The van der Waals surface area contributed by atoms with Gasteiger partial charge in [-0.15, -0.1) is 0 Å². The summed E-state index contributed by atoms with van der Waals surface area (Å²) in [5.74, 6) is 5.63. The second kappa shape index (κ2) is 4.81. The van der Waals surface area contributed by atoms with Gasteiger partial charge in [0.25, 0.3) is 0 Å². The van der Waals surface area contributed by atoms with Gasteiger partial charge in [-0.3, -0.25) is 4.84 Å². The van der Waals surface area contributed by atoms with Crippen molar-refractivity contribution in [2.24, 2.45) is 5.90 Å². The lowest BCUT2D eigenvalue weighted by atomic mass is 10.2. The Labute approximate surface area is 89.9 Å². The van der Waals surface area contributed by atoms with Crippen LogP contribution in [0.4, 0.5) is 0 Å². The summed E-state index contributed by atoms with van der Waals surface area (Å²) in [6, 6.07) is 3.48. The summed E-state index contributed by atoms with van der Waals surface area (Å²) in [5.41, 5.74) is 0.854. The third-order valence-corrected chi connectivity index (χ3v) is 2.66. The maximum Gasteiger partial charge on any atom is 0.134 e. The van der Waals surface area contributed by atoms with E-state index in [1.807, 2.05) is 0 Å². The van der Waals surface area contributed by atoms with Crippen molar-refractivity contribution in [1.82, 2.24) is 0 Å². The van der Waals surface area contributed by atoms with Crippen LogP contribution in [0, 0.1) is 0 Å². The second-order valence-corrected chi connectivity index (χ2v) is 3.62. The van der Waals surface area contributed by atoms with Crippen LogP contribution in [0.5, 0.6) is 5.75 Å². The second-order valence-electron chi connectivity index (χ2n) is 2.39.